The Morgan fingerprint density at radius 3 is 2.62 bits per heavy atom. The number of anilines is 1. The molecule has 6 heteroatoms. The van der Waals surface area contributed by atoms with Gasteiger partial charge in [0.05, 0.1) is 30.9 Å². The summed E-state index contributed by atoms with van der Waals surface area (Å²) in [5, 5.41) is 8.50. The molecule has 86 valence electrons. The molecule has 0 spiro atoms. The molecule has 1 aromatic rings. The Kier molecular flexibility index (Phi) is 3.74. The van der Waals surface area contributed by atoms with Crippen LogP contribution >= 0.6 is 0 Å². The summed E-state index contributed by atoms with van der Waals surface area (Å²) in [6, 6.07) is 4.97. The van der Waals surface area contributed by atoms with E-state index in [1.165, 1.54) is 13.2 Å². The number of nitrogens with zero attached hydrogens (tertiary/aromatic N) is 1. The lowest BCUT2D eigenvalue weighted by molar-refractivity contribution is -0.137. The third-order valence-corrected chi connectivity index (χ3v) is 1.92. The normalized spacial score (nSPS) is 10.9. The number of hydrogen-bond donors (Lipinski definition) is 1. The van der Waals surface area contributed by atoms with E-state index in [4.69, 9.17) is 5.26 Å². The molecule has 0 aliphatic heterocycles. The van der Waals surface area contributed by atoms with Crippen molar-refractivity contribution in [2.75, 3.05) is 12.6 Å². The third-order valence-electron chi connectivity index (χ3n) is 1.92. The van der Waals surface area contributed by atoms with E-state index >= 15 is 0 Å². The fourth-order valence-electron chi connectivity index (χ4n) is 1.20. The molecule has 1 N–H and O–H groups in total. The van der Waals surface area contributed by atoms with Crippen molar-refractivity contribution < 1.29 is 18.0 Å². The molecule has 0 saturated heterocycles. The van der Waals surface area contributed by atoms with E-state index in [9.17, 15) is 13.2 Å². The van der Waals surface area contributed by atoms with E-state index in [2.05, 4.69) is 10.3 Å². The average molecular weight is 230 g/mol. The van der Waals surface area contributed by atoms with Gasteiger partial charge in [0.25, 0.3) is 0 Å². The second-order valence-electron chi connectivity index (χ2n) is 3.01. The molecule has 0 saturated carbocycles. The van der Waals surface area contributed by atoms with Crippen LogP contribution in [0.1, 0.15) is 11.1 Å². The van der Waals surface area contributed by atoms with Crippen LogP contribution in [0.4, 0.5) is 18.9 Å². The summed E-state index contributed by atoms with van der Waals surface area (Å²) in [6.45, 7) is 0. The molecular formula is C10H9F3N2O. The molecule has 0 aromatic heterocycles. The molecule has 0 fully saturated rings. The van der Waals surface area contributed by atoms with Gasteiger partial charge in [0.2, 0.25) is 0 Å². The summed E-state index contributed by atoms with van der Waals surface area (Å²) < 4.78 is 37.2. The molecule has 0 atom stereocenters. The van der Waals surface area contributed by atoms with Gasteiger partial charge >= 0.3 is 6.18 Å². The van der Waals surface area contributed by atoms with Crippen molar-refractivity contribution in [2.45, 2.75) is 12.6 Å². The maximum absolute atomic E-state index is 12.4. The molecule has 0 amide bonds. The standard InChI is InChI=1S/C10H9F3N2O/c1-16-15-9-6-8(10(11,12)13)3-2-7(9)4-5-14/h2-3,6,15H,4H2,1H3. The van der Waals surface area contributed by atoms with Gasteiger partial charge in [-0.1, -0.05) is 6.07 Å². The number of benzene rings is 1. The van der Waals surface area contributed by atoms with Crippen molar-refractivity contribution in [1.82, 2.24) is 0 Å². The molecule has 0 aliphatic rings. The number of rotatable bonds is 3. The highest BCUT2D eigenvalue weighted by Gasteiger charge is 2.30. The SMILES string of the molecule is CONc1cc(C(F)(F)F)ccc1CC#N. The third kappa shape index (κ3) is 2.87. The van der Waals surface area contributed by atoms with Crippen LogP contribution in [0.15, 0.2) is 18.2 Å². The van der Waals surface area contributed by atoms with Crippen LogP contribution in [-0.4, -0.2) is 7.11 Å². The Balaban J connectivity index is 3.13. The van der Waals surface area contributed by atoms with Crippen LogP contribution < -0.4 is 5.48 Å². The summed E-state index contributed by atoms with van der Waals surface area (Å²) in [5.41, 5.74) is 2.15. The summed E-state index contributed by atoms with van der Waals surface area (Å²) in [6.07, 6.45) is -4.39. The van der Waals surface area contributed by atoms with Crippen LogP contribution in [-0.2, 0) is 17.4 Å². The van der Waals surface area contributed by atoms with E-state index in [0.29, 0.717) is 5.56 Å². The monoisotopic (exact) mass is 230 g/mol. The predicted molar refractivity (Wildman–Crippen MR) is 51.4 cm³/mol. The van der Waals surface area contributed by atoms with E-state index in [-0.39, 0.29) is 12.1 Å². The van der Waals surface area contributed by atoms with Gasteiger partial charge in [-0.25, -0.2) is 0 Å². The van der Waals surface area contributed by atoms with Crippen LogP contribution in [0.2, 0.25) is 0 Å². The lowest BCUT2D eigenvalue weighted by Crippen LogP contribution is -2.07. The van der Waals surface area contributed by atoms with Crippen molar-refractivity contribution in [3.8, 4) is 6.07 Å². The van der Waals surface area contributed by atoms with Gasteiger partial charge in [-0.15, -0.1) is 0 Å². The maximum Gasteiger partial charge on any atom is 0.416 e. The van der Waals surface area contributed by atoms with E-state index in [1.54, 1.807) is 0 Å². The number of alkyl halides is 3. The van der Waals surface area contributed by atoms with Gasteiger partial charge in [-0.3, -0.25) is 10.3 Å². The molecule has 1 rings (SSSR count). The Morgan fingerprint density at radius 1 is 1.44 bits per heavy atom. The molecule has 3 nitrogen and oxygen atoms in total. The van der Waals surface area contributed by atoms with Crippen molar-refractivity contribution in [3.63, 3.8) is 0 Å². The Morgan fingerprint density at radius 2 is 2.12 bits per heavy atom. The molecule has 0 unspecified atom stereocenters. The minimum Gasteiger partial charge on any atom is -0.279 e. The van der Waals surface area contributed by atoms with E-state index in [1.807, 2.05) is 6.07 Å². The Labute approximate surface area is 90.4 Å². The minimum absolute atomic E-state index is 0.0177. The zero-order valence-electron chi connectivity index (χ0n) is 8.43. The van der Waals surface area contributed by atoms with Gasteiger partial charge in [-0.05, 0) is 17.7 Å². The van der Waals surface area contributed by atoms with Crippen molar-refractivity contribution >= 4 is 5.69 Å². The smallest absolute Gasteiger partial charge is 0.279 e. The van der Waals surface area contributed by atoms with Crippen LogP contribution in [0.3, 0.4) is 0 Å². The first-order chi connectivity index (χ1) is 7.49. The quantitative estimate of drug-likeness (QED) is 0.812. The molecule has 0 heterocycles. The summed E-state index contributed by atoms with van der Waals surface area (Å²) in [5.74, 6) is 0. The largest absolute Gasteiger partial charge is 0.416 e. The first kappa shape index (κ1) is 12.3. The fourth-order valence-corrected chi connectivity index (χ4v) is 1.20. The van der Waals surface area contributed by atoms with Crippen LogP contribution in [0.25, 0.3) is 0 Å². The topological polar surface area (TPSA) is 45.0 Å². The molecule has 1 aromatic carbocycles. The first-order valence-electron chi connectivity index (χ1n) is 4.35. The summed E-state index contributed by atoms with van der Waals surface area (Å²) in [4.78, 5) is 4.56. The van der Waals surface area contributed by atoms with E-state index < -0.39 is 11.7 Å². The van der Waals surface area contributed by atoms with E-state index in [0.717, 1.165) is 12.1 Å². The molecule has 16 heavy (non-hydrogen) atoms. The number of hydrogen-bond acceptors (Lipinski definition) is 3. The molecule has 0 bridgehead atoms. The highest BCUT2D eigenvalue weighted by atomic mass is 19.4. The number of nitriles is 1. The maximum atomic E-state index is 12.4. The second-order valence-corrected chi connectivity index (χ2v) is 3.01. The average Bonchev–Trinajstić information content (AvgIpc) is 2.19. The van der Waals surface area contributed by atoms with Crippen molar-refractivity contribution in [3.05, 3.63) is 29.3 Å². The van der Waals surface area contributed by atoms with Gasteiger partial charge in [0.1, 0.15) is 0 Å². The zero-order valence-corrected chi connectivity index (χ0v) is 8.43. The highest BCUT2D eigenvalue weighted by molar-refractivity contribution is 5.53. The van der Waals surface area contributed by atoms with Gasteiger partial charge in [0.15, 0.2) is 0 Å². The molecular weight excluding hydrogens is 221 g/mol. The van der Waals surface area contributed by atoms with Crippen molar-refractivity contribution in [2.24, 2.45) is 0 Å². The van der Waals surface area contributed by atoms with Gasteiger partial charge in [-0.2, -0.15) is 18.4 Å². The number of nitrogens with one attached hydrogen (secondary N) is 1. The highest BCUT2D eigenvalue weighted by Crippen LogP contribution is 2.32. The van der Waals surface area contributed by atoms with Gasteiger partial charge < -0.3 is 0 Å². The van der Waals surface area contributed by atoms with Crippen LogP contribution in [0, 0.1) is 11.3 Å². The Bertz CT molecular complexity index is 410. The van der Waals surface area contributed by atoms with Crippen LogP contribution in [0.5, 0.6) is 0 Å². The first-order valence-corrected chi connectivity index (χ1v) is 4.35. The minimum atomic E-state index is -4.41. The van der Waals surface area contributed by atoms with Crippen molar-refractivity contribution in [1.29, 1.82) is 5.26 Å². The number of halogens is 3. The lowest BCUT2D eigenvalue weighted by Gasteiger charge is -2.12. The van der Waals surface area contributed by atoms with Gasteiger partial charge in [0, 0.05) is 0 Å². The second kappa shape index (κ2) is 4.86. The zero-order chi connectivity index (χ0) is 12.2. The summed E-state index contributed by atoms with van der Waals surface area (Å²) >= 11 is 0. The predicted octanol–water partition coefficient (Wildman–Crippen LogP) is 2.74. The molecule has 0 radical (unpaired) electrons. The lowest BCUT2D eigenvalue weighted by atomic mass is 10.1. The fraction of sp³-hybridized carbons (Fsp3) is 0.300. The molecule has 0 aliphatic carbocycles. The summed E-state index contributed by atoms with van der Waals surface area (Å²) in [7, 11) is 1.29. The Hall–Kier alpha value is -1.74.